The molecule has 1 amide bonds. The Morgan fingerprint density at radius 2 is 2.17 bits per heavy atom. The van der Waals surface area contributed by atoms with E-state index < -0.39 is 17.5 Å². The molecule has 10 heteroatoms. The van der Waals surface area contributed by atoms with Crippen molar-refractivity contribution in [3.05, 3.63) is 70.6 Å². The van der Waals surface area contributed by atoms with Crippen molar-refractivity contribution in [3.63, 3.8) is 0 Å². The van der Waals surface area contributed by atoms with E-state index in [9.17, 15) is 10.1 Å². The maximum absolute atomic E-state index is 15.0. The van der Waals surface area contributed by atoms with Gasteiger partial charge in [0, 0.05) is 11.8 Å². The summed E-state index contributed by atoms with van der Waals surface area (Å²) in [4.78, 5) is 23.3. The van der Waals surface area contributed by atoms with Gasteiger partial charge in [-0.25, -0.2) is 24.1 Å². The van der Waals surface area contributed by atoms with Crippen LogP contribution in [0.4, 0.5) is 15.1 Å². The third kappa shape index (κ3) is 4.71. The van der Waals surface area contributed by atoms with Gasteiger partial charge in [0.05, 0.1) is 24.0 Å². The number of benzene rings is 1. The number of anilines is 1. The van der Waals surface area contributed by atoms with Crippen molar-refractivity contribution in [2.24, 2.45) is 5.73 Å². The van der Waals surface area contributed by atoms with Crippen LogP contribution in [0.15, 0.2) is 36.8 Å². The fourth-order valence-electron chi connectivity index (χ4n) is 4.17. The fourth-order valence-corrected chi connectivity index (χ4v) is 4.17. The number of rotatable bonds is 5. The molecule has 0 bridgehead atoms. The normalized spacial score (nSPS) is 13.1. The van der Waals surface area contributed by atoms with Crippen LogP contribution in [0, 0.1) is 22.6 Å². The number of fused-ring (bicyclic) bond motifs is 2. The largest absolute Gasteiger partial charge is 0.443 e. The van der Waals surface area contributed by atoms with Crippen molar-refractivity contribution in [1.29, 1.82) is 10.7 Å². The van der Waals surface area contributed by atoms with Crippen LogP contribution in [0.1, 0.15) is 55.1 Å². The standard InChI is InChI=1S/C25H26FN7O2/c1-25(2,3)35-24(34)33(14-19-17-6-4-5-15(17)7-8-20(19)26)23-30-12-18(21(29)9-10-27)22-31-16(11-28)13-32(22)23/h7-10,12-13,29H,4-6,14,27H2,1-3H3/b10-9-,29-21?. The number of ether oxygens (including phenoxy) is 1. The van der Waals surface area contributed by atoms with Gasteiger partial charge in [-0.2, -0.15) is 5.26 Å². The first-order valence-corrected chi connectivity index (χ1v) is 11.2. The molecule has 0 radical (unpaired) electrons. The number of carbonyl (C=O) groups excluding carboxylic acids is 1. The summed E-state index contributed by atoms with van der Waals surface area (Å²) in [6, 6.07) is 5.18. The molecule has 9 nitrogen and oxygen atoms in total. The highest BCUT2D eigenvalue weighted by Gasteiger charge is 2.30. The van der Waals surface area contributed by atoms with Crippen molar-refractivity contribution < 1.29 is 13.9 Å². The second-order valence-corrected chi connectivity index (χ2v) is 9.26. The van der Waals surface area contributed by atoms with E-state index >= 15 is 4.39 Å². The van der Waals surface area contributed by atoms with Crippen molar-refractivity contribution in [2.75, 3.05) is 4.90 Å². The second kappa shape index (κ2) is 9.18. The minimum Gasteiger partial charge on any atom is -0.443 e. The van der Waals surface area contributed by atoms with E-state index in [0.717, 1.165) is 30.4 Å². The number of hydrogen-bond donors (Lipinski definition) is 2. The van der Waals surface area contributed by atoms with Gasteiger partial charge in [0.15, 0.2) is 11.3 Å². The second-order valence-electron chi connectivity index (χ2n) is 9.26. The average Bonchev–Trinajstić information content (AvgIpc) is 3.44. The zero-order chi connectivity index (χ0) is 25.3. The molecule has 0 fully saturated rings. The summed E-state index contributed by atoms with van der Waals surface area (Å²) in [6.45, 7) is 5.09. The Hall–Kier alpha value is -4.26. The molecule has 0 saturated heterocycles. The predicted octanol–water partition coefficient (Wildman–Crippen LogP) is 4.01. The third-order valence-electron chi connectivity index (χ3n) is 5.65. The number of amides is 1. The van der Waals surface area contributed by atoms with Gasteiger partial charge in [-0.15, -0.1) is 0 Å². The number of hydrogen-bond acceptors (Lipinski definition) is 7. The van der Waals surface area contributed by atoms with E-state index in [-0.39, 0.29) is 29.5 Å². The zero-order valence-electron chi connectivity index (χ0n) is 19.8. The van der Waals surface area contributed by atoms with Crippen molar-refractivity contribution >= 4 is 23.4 Å². The van der Waals surface area contributed by atoms with Crippen LogP contribution in [0.3, 0.4) is 0 Å². The van der Waals surface area contributed by atoms with E-state index in [1.807, 2.05) is 6.07 Å². The van der Waals surface area contributed by atoms with Crippen molar-refractivity contribution in [2.45, 2.75) is 52.2 Å². The highest BCUT2D eigenvalue weighted by molar-refractivity contribution is 6.10. The number of carbonyl (C=O) groups is 1. The number of allylic oxidation sites excluding steroid dienone is 1. The van der Waals surface area contributed by atoms with Crippen LogP contribution < -0.4 is 10.6 Å². The molecular weight excluding hydrogens is 449 g/mol. The Kier molecular flexibility index (Phi) is 6.26. The number of halogens is 1. The molecule has 0 unspecified atom stereocenters. The molecule has 0 saturated carbocycles. The Labute approximate surface area is 202 Å². The van der Waals surface area contributed by atoms with Crippen LogP contribution in [0.2, 0.25) is 0 Å². The number of imidazole rings is 1. The SMILES string of the molecule is CC(C)(C)OC(=O)N(Cc1c(F)ccc2c1CCC2)c1ncc(C(=N)/C=C\N)c2nc(C#N)cn12. The molecule has 3 N–H and O–H groups in total. The average molecular weight is 476 g/mol. The lowest BCUT2D eigenvalue weighted by Crippen LogP contribution is -2.38. The molecule has 1 aliphatic carbocycles. The molecule has 2 heterocycles. The quantitative estimate of drug-likeness (QED) is 0.536. The number of nitrogens with two attached hydrogens (primary N) is 1. The minimum atomic E-state index is -0.813. The van der Waals surface area contributed by atoms with Gasteiger partial charge in [-0.1, -0.05) is 6.07 Å². The Balaban J connectivity index is 1.90. The molecule has 0 aliphatic heterocycles. The number of aryl methyl sites for hydroxylation is 1. The fraction of sp³-hybridized carbons (Fsp3) is 0.320. The first kappa shape index (κ1) is 23.9. The Bertz CT molecular complexity index is 1400. The lowest BCUT2D eigenvalue weighted by Gasteiger charge is -2.28. The van der Waals surface area contributed by atoms with E-state index in [4.69, 9.17) is 15.9 Å². The lowest BCUT2D eigenvalue weighted by atomic mass is 10.0. The number of aromatic nitrogens is 3. The first-order chi connectivity index (χ1) is 16.6. The molecule has 2 aromatic heterocycles. The lowest BCUT2D eigenvalue weighted by molar-refractivity contribution is 0.0574. The summed E-state index contributed by atoms with van der Waals surface area (Å²) in [6.07, 6.45) is 7.15. The van der Waals surface area contributed by atoms with Gasteiger partial charge in [0.1, 0.15) is 17.5 Å². The van der Waals surface area contributed by atoms with E-state index in [1.54, 1.807) is 26.8 Å². The summed E-state index contributed by atoms with van der Waals surface area (Å²) >= 11 is 0. The summed E-state index contributed by atoms with van der Waals surface area (Å²) < 4.78 is 22.1. The molecule has 35 heavy (non-hydrogen) atoms. The zero-order valence-corrected chi connectivity index (χ0v) is 19.8. The monoisotopic (exact) mass is 475 g/mol. The van der Waals surface area contributed by atoms with E-state index in [1.165, 1.54) is 40.0 Å². The maximum atomic E-state index is 15.0. The smallest absolute Gasteiger partial charge is 0.417 e. The highest BCUT2D eigenvalue weighted by atomic mass is 19.1. The first-order valence-electron chi connectivity index (χ1n) is 11.2. The molecule has 3 aromatic rings. The number of nitriles is 1. The molecule has 1 aromatic carbocycles. The van der Waals surface area contributed by atoms with Crippen molar-refractivity contribution in [1.82, 2.24) is 14.4 Å². The van der Waals surface area contributed by atoms with Gasteiger partial charge in [0.2, 0.25) is 5.95 Å². The molecule has 4 rings (SSSR count). The van der Waals surface area contributed by atoms with E-state index in [0.29, 0.717) is 11.1 Å². The van der Waals surface area contributed by atoms with Crippen LogP contribution in [0.5, 0.6) is 0 Å². The Morgan fingerprint density at radius 3 is 2.86 bits per heavy atom. The van der Waals surface area contributed by atoms with Gasteiger partial charge in [0.25, 0.3) is 0 Å². The van der Waals surface area contributed by atoms with Gasteiger partial charge in [-0.3, -0.25) is 4.40 Å². The van der Waals surface area contributed by atoms with Gasteiger partial charge >= 0.3 is 6.09 Å². The highest BCUT2D eigenvalue weighted by Crippen LogP contribution is 2.30. The van der Waals surface area contributed by atoms with Crippen LogP contribution in [-0.4, -0.2) is 31.8 Å². The summed E-state index contributed by atoms with van der Waals surface area (Å²) in [7, 11) is 0. The third-order valence-corrected chi connectivity index (χ3v) is 5.65. The van der Waals surface area contributed by atoms with Crippen molar-refractivity contribution in [3.8, 4) is 6.07 Å². The molecular formula is C25H26FN7O2. The van der Waals surface area contributed by atoms with Crippen LogP contribution in [0.25, 0.3) is 5.65 Å². The summed E-state index contributed by atoms with van der Waals surface area (Å²) in [5, 5.41) is 17.7. The molecule has 180 valence electrons. The number of nitrogens with zero attached hydrogens (tertiary/aromatic N) is 5. The van der Waals surface area contributed by atoms with Gasteiger partial charge in [-0.05, 0) is 69.5 Å². The number of nitrogens with one attached hydrogen (secondary N) is 1. The molecule has 0 spiro atoms. The molecule has 0 atom stereocenters. The van der Waals surface area contributed by atoms with Crippen LogP contribution in [-0.2, 0) is 24.1 Å². The predicted molar refractivity (Wildman–Crippen MR) is 129 cm³/mol. The summed E-state index contributed by atoms with van der Waals surface area (Å²) in [5.74, 6) is -0.322. The Morgan fingerprint density at radius 1 is 1.40 bits per heavy atom. The van der Waals surface area contributed by atoms with Crippen LogP contribution >= 0.6 is 0 Å². The minimum absolute atomic E-state index is 0.0300. The maximum Gasteiger partial charge on any atom is 0.417 e. The molecule has 1 aliphatic rings. The summed E-state index contributed by atoms with van der Waals surface area (Å²) in [5.41, 5.74) is 7.64. The van der Waals surface area contributed by atoms with Gasteiger partial charge < -0.3 is 15.9 Å². The van der Waals surface area contributed by atoms with E-state index in [2.05, 4.69) is 9.97 Å². The topological polar surface area (TPSA) is 133 Å².